The van der Waals surface area contributed by atoms with Crippen LogP contribution >= 0.6 is 0 Å². The minimum absolute atomic E-state index is 0.266. The molecule has 1 saturated carbocycles. The van der Waals surface area contributed by atoms with Crippen LogP contribution in [0, 0.1) is 5.92 Å². The number of aromatic amines is 1. The molecular formula is C19H24N2O3. The minimum Gasteiger partial charge on any atom is -0.467 e. The topological polar surface area (TPSA) is 71.2 Å². The van der Waals surface area contributed by atoms with Crippen molar-refractivity contribution < 1.29 is 14.3 Å². The van der Waals surface area contributed by atoms with Gasteiger partial charge in [-0.2, -0.15) is 0 Å². The molecule has 2 aromatic rings. The van der Waals surface area contributed by atoms with Gasteiger partial charge in [-0.1, -0.05) is 50.3 Å². The van der Waals surface area contributed by atoms with Crippen LogP contribution in [0.5, 0.6) is 0 Å². The number of rotatable bonds is 5. The lowest BCUT2D eigenvalue weighted by Gasteiger charge is -2.25. The Hall–Kier alpha value is -2.30. The largest absolute Gasteiger partial charge is 0.467 e. The predicted molar refractivity (Wildman–Crippen MR) is 92.8 cm³/mol. The normalized spacial score (nSPS) is 16.7. The molecule has 1 aliphatic rings. The summed E-state index contributed by atoms with van der Waals surface area (Å²) >= 11 is 0. The van der Waals surface area contributed by atoms with Crippen LogP contribution in [0.25, 0.3) is 10.9 Å². The Morgan fingerprint density at radius 3 is 2.71 bits per heavy atom. The molecule has 128 valence electrons. The van der Waals surface area contributed by atoms with E-state index in [1.807, 2.05) is 24.3 Å². The molecule has 1 atom stereocenters. The average Bonchev–Trinajstić information content (AvgIpc) is 3.05. The Labute approximate surface area is 141 Å². The van der Waals surface area contributed by atoms with Gasteiger partial charge in [0.15, 0.2) is 0 Å². The second-order valence-electron chi connectivity index (χ2n) is 6.56. The molecule has 0 radical (unpaired) electrons. The molecule has 0 bridgehead atoms. The number of hydrogen-bond acceptors (Lipinski definition) is 3. The lowest BCUT2D eigenvalue weighted by Crippen LogP contribution is -2.43. The van der Waals surface area contributed by atoms with Crippen molar-refractivity contribution in [2.45, 2.75) is 44.6 Å². The van der Waals surface area contributed by atoms with Crippen molar-refractivity contribution in [2.24, 2.45) is 5.92 Å². The molecule has 1 fully saturated rings. The van der Waals surface area contributed by atoms with Crippen molar-refractivity contribution in [2.75, 3.05) is 7.11 Å². The number of hydrogen-bond donors (Lipinski definition) is 2. The quantitative estimate of drug-likeness (QED) is 0.826. The second kappa shape index (κ2) is 7.51. The van der Waals surface area contributed by atoms with Crippen molar-refractivity contribution >= 4 is 22.8 Å². The van der Waals surface area contributed by atoms with Crippen LogP contribution in [0.3, 0.4) is 0 Å². The Bertz CT molecular complexity index is 683. The molecule has 2 N–H and O–H groups in total. The summed E-state index contributed by atoms with van der Waals surface area (Å²) in [4.78, 5) is 27.7. The highest BCUT2D eigenvalue weighted by Crippen LogP contribution is 2.27. The molecule has 1 unspecified atom stereocenters. The van der Waals surface area contributed by atoms with E-state index in [1.165, 1.54) is 26.4 Å². The fourth-order valence-corrected chi connectivity index (χ4v) is 3.54. The van der Waals surface area contributed by atoms with Crippen LogP contribution in [0.1, 0.15) is 49.0 Å². The molecule has 1 aromatic heterocycles. The number of aromatic nitrogens is 1. The van der Waals surface area contributed by atoms with Crippen molar-refractivity contribution in [1.82, 2.24) is 10.3 Å². The lowest BCUT2D eigenvalue weighted by atomic mass is 9.85. The van der Waals surface area contributed by atoms with Gasteiger partial charge in [0.25, 0.3) is 5.91 Å². The number of nitrogens with one attached hydrogen (secondary N) is 2. The van der Waals surface area contributed by atoms with Gasteiger partial charge in [-0.3, -0.25) is 4.79 Å². The van der Waals surface area contributed by atoms with Gasteiger partial charge in [0.2, 0.25) is 0 Å². The maximum atomic E-state index is 12.5. The van der Waals surface area contributed by atoms with E-state index in [0.717, 1.165) is 23.7 Å². The summed E-state index contributed by atoms with van der Waals surface area (Å²) in [6, 6.07) is 8.93. The summed E-state index contributed by atoms with van der Waals surface area (Å²) < 4.78 is 4.89. The first-order valence-corrected chi connectivity index (χ1v) is 8.64. The molecule has 1 amide bonds. The van der Waals surface area contributed by atoms with Gasteiger partial charge in [0.05, 0.1) is 7.11 Å². The van der Waals surface area contributed by atoms with E-state index in [1.54, 1.807) is 6.07 Å². The summed E-state index contributed by atoms with van der Waals surface area (Å²) in [6.45, 7) is 0. The maximum Gasteiger partial charge on any atom is 0.328 e. The predicted octanol–water partition coefficient (Wildman–Crippen LogP) is 3.41. The van der Waals surface area contributed by atoms with Crippen LogP contribution < -0.4 is 5.32 Å². The maximum absolute atomic E-state index is 12.5. The average molecular weight is 328 g/mol. The number of benzene rings is 1. The summed E-state index contributed by atoms with van der Waals surface area (Å²) in [5.74, 6) is -0.159. The zero-order valence-electron chi connectivity index (χ0n) is 14.0. The zero-order chi connectivity index (χ0) is 16.9. The number of esters is 1. The Morgan fingerprint density at radius 1 is 1.25 bits per heavy atom. The highest BCUT2D eigenvalue weighted by molar-refractivity contribution is 5.99. The summed E-state index contributed by atoms with van der Waals surface area (Å²) in [6.07, 6.45) is 6.56. The van der Waals surface area contributed by atoms with E-state index in [-0.39, 0.29) is 11.9 Å². The van der Waals surface area contributed by atoms with E-state index in [9.17, 15) is 9.59 Å². The number of carbonyl (C=O) groups is 2. The van der Waals surface area contributed by atoms with Gasteiger partial charge in [-0.05, 0) is 24.5 Å². The molecule has 0 spiro atoms. The number of H-pyrrole nitrogens is 1. The van der Waals surface area contributed by atoms with Gasteiger partial charge in [0.1, 0.15) is 11.7 Å². The lowest BCUT2D eigenvalue weighted by molar-refractivity contribution is -0.143. The Morgan fingerprint density at radius 2 is 2.00 bits per heavy atom. The molecule has 0 aliphatic heterocycles. The van der Waals surface area contributed by atoms with Crippen molar-refractivity contribution in [1.29, 1.82) is 0 Å². The first-order chi connectivity index (χ1) is 11.7. The van der Waals surface area contributed by atoms with Gasteiger partial charge in [-0.25, -0.2) is 4.79 Å². The van der Waals surface area contributed by atoms with E-state index < -0.39 is 6.04 Å². The van der Waals surface area contributed by atoms with Crippen LogP contribution in [0.2, 0.25) is 0 Å². The van der Waals surface area contributed by atoms with Crippen LogP contribution in [0.4, 0.5) is 0 Å². The third kappa shape index (κ3) is 3.78. The van der Waals surface area contributed by atoms with Gasteiger partial charge in [-0.15, -0.1) is 0 Å². The molecule has 1 heterocycles. The molecule has 24 heavy (non-hydrogen) atoms. The number of ether oxygens (including phenoxy) is 1. The van der Waals surface area contributed by atoms with Crippen LogP contribution in [-0.4, -0.2) is 30.0 Å². The SMILES string of the molecule is COC(=O)C(CC1CCCCC1)NC(=O)c1cc2ccccc2[nH]1. The number of methoxy groups -OCH3 is 1. The molecule has 5 nitrogen and oxygen atoms in total. The second-order valence-corrected chi connectivity index (χ2v) is 6.56. The summed E-state index contributed by atoms with van der Waals surface area (Å²) in [5.41, 5.74) is 1.37. The smallest absolute Gasteiger partial charge is 0.328 e. The Kier molecular flexibility index (Phi) is 5.18. The third-order valence-electron chi connectivity index (χ3n) is 4.86. The first kappa shape index (κ1) is 16.6. The van der Waals surface area contributed by atoms with Crippen LogP contribution in [0.15, 0.2) is 30.3 Å². The number of amides is 1. The standard InChI is InChI=1S/C19H24N2O3/c1-24-19(23)17(11-13-7-3-2-4-8-13)21-18(22)16-12-14-9-5-6-10-15(14)20-16/h5-6,9-10,12-13,17,20H,2-4,7-8,11H2,1H3,(H,21,22). The third-order valence-corrected chi connectivity index (χ3v) is 4.86. The molecule has 5 heteroatoms. The van der Waals surface area contributed by atoms with Crippen LogP contribution in [-0.2, 0) is 9.53 Å². The van der Waals surface area contributed by atoms with Gasteiger partial charge >= 0.3 is 5.97 Å². The van der Waals surface area contributed by atoms with Crippen molar-refractivity contribution in [3.05, 3.63) is 36.0 Å². The first-order valence-electron chi connectivity index (χ1n) is 8.64. The highest BCUT2D eigenvalue weighted by Gasteiger charge is 2.27. The minimum atomic E-state index is -0.586. The molecular weight excluding hydrogens is 304 g/mol. The summed E-state index contributed by atoms with van der Waals surface area (Å²) in [7, 11) is 1.37. The fourth-order valence-electron chi connectivity index (χ4n) is 3.54. The van der Waals surface area contributed by atoms with Crippen molar-refractivity contribution in [3.63, 3.8) is 0 Å². The molecule has 1 aliphatic carbocycles. The Balaban J connectivity index is 1.70. The van der Waals surface area contributed by atoms with E-state index in [4.69, 9.17) is 4.74 Å². The highest BCUT2D eigenvalue weighted by atomic mass is 16.5. The molecule has 3 rings (SSSR count). The summed E-state index contributed by atoms with van der Waals surface area (Å²) in [5, 5.41) is 3.82. The monoisotopic (exact) mass is 328 g/mol. The van der Waals surface area contributed by atoms with Crippen molar-refractivity contribution in [3.8, 4) is 0 Å². The zero-order valence-corrected chi connectivity index (χ0v) is 14.0. The molecule has 1 aromatic carbocycles. The van der Waals surface area contributed by atoms with Gasteiger partial charge in [0, 0.05) is 10.9 Å². The molecule has 0 saturated heterocycles. The van der Waals surface area contributed by atoms with E-state index >= 15 is 0 Å². The number of para-hydroxylation sites is 1. The van der Waals surface area contributed by atoms with Gasteiger partial charge < -0.3 is 15.0 Å². The number of fused-ring (bicyclic) bond motifs is 1. The van der Waals surface area contributed by atoms with E-state index in [0.29, 0.717) is 18.0 Å². The number of carbonyl (C=O) groups excluding carboxylic acids is 2. The fraction of sp³-hybridized carbons (Fsp3) is 0.474. The van der Waals surface area contributed by atoms with E-state index in [2.05, 4.69) is 10.3 Å².